The van der Waals surface area contributed by atoms with Gasteiger partial charge in [0.1, 0.15) is 10.2 Å². The van der Waals surface area contributed by atoms with Gasteiger partial charge in [0.05, 0.1) is 18.4 Å². The van der Waals surface area contributed by atoms with Crippen molar-refractivity contribution >= 4 is 33.5 Å². The molecule has 0 aliphatic rings. The van der Waals surface area contributed by atoms with E-state index in [-0.39, 0.29) is 6.54 Å². The fraction of sp³-hybridized carbons (Fsp3) is 0.292. The molecule has 4 rings (SSSR count). The second kappa shape index (κ2) is 8.90. The van der Waals surface area contributed by atoms with Crippen LogP contribution in [0.15, 0.2) is 53.8 Å². The minimum atomic E-state index is -0.659. The van der Waals surface area contributed by atoms with E-state index in [2.05, 4.69) is 35.9 Å². The number of nitrogens with zero attached hydrogens (tertiary/aromatic N) is 6. The lowest BCUT2D eigenvalue weighted by atomic mass is 10.1. The lowest BCUT2D eigenvalue weighted by Crippen LogP contribution is -2.37. The number of fused-ring (bicyclic) bond motifs is 1. The molecule has 0 fully saturated rings. The molecule has 1 amide bonds. The number of halogens is 1. The number of pyridine rings is 2. The number of carbonyl (C=O) groups excluding carboxylic acids is 1. The summed E-state index contributed by atoms with van der Waals surface area (Å²) < 4.78 is 8.27. The minimum Gasteiger partial charge on any atom is -0.443 e. The van der Waals surface area contributed by atoms with Crippen LogP contribution < -0.4 is 4.90 Å². The lowest BCUT2D eigenvalue weighted by molar-refractivity contribution is 0.0576. The number of aryl methyl sites for hydroxylation is 2. The maximum Gasteiger partial charge on any atom is 0.416 e. The first-order valence-corrected chi connectivity index (χ1v) is 11.3. The van der Waals surface area contributed by atoms with Gasteiger partial charge in [0.25, 0.3) is 0 Å². The van der Waals surface area contributed by atoms with E-state index in [1.165, 1.54) is 4.90 Å². The number of ether oxygens (including phenoxy) is 1. The summed E-state index contributed by atoms with van der Waals surface area (Å²) in [6.45, 7) is 9.69. The Labute approximate surface area is 200 Å². The predicted molar refractivity (Wildman–Crippen MR) is 130 cm³/mol. The Morgan fingerprint density at radius 1 is 1.09 bits per heavy atom. The van der Waals surface area contributed by atoms with Gasteiger partial charge < -0.3 is 4.74 Å². The first-order chi connectivity index (χ1) is 15.6. The number of hydrogen-bond donors (Lipinski definition) is 0. The van der Waals surface area contributed by atoms with Gasteiger partial charge in [-0.3, -0.25) is 19.3 Å². The molecule has 0 bridgehead atoms. The van der Waals surface area contributed by atoms with Crippen LogP contribution in [-0.4, -0.2) is 36.0 Å². The highest BCUT2D eigenvalue weighted by Crippen LogP contribution is 2.27. The highest BCUT2D eigenvalue weighted by molar-refractivity contribution is 9.10. The van der Waals surface area contributed by atoms with Crippen LogP contribution in [0.4, 0.5) is 10.6 Å². The van der Waals surface area contributed by atoms with Crippen molar-refractivity contribution in [2.45, 2.75) is 46.8 Å². The smallest absolute Gasteiger partial charge is 0.416 e. The van der Waals surface area contributed by atoms with Crippen molar-refractivity contribution in [1.82, 2.24) is 24.3 Å². The molecule has 0 unspecified atom stereocenters. The Hall–Kier alpha value is -3.33. The minimum absolute atomic E-state index is 0.232. The maximum absolute atomic E-state index is 13.2. The molecule has 0 atom stereocenters. The largest absolute Gasteiger partial charge is 0.443 e. The number of amides is 1. The van der Waals surface area contributed by atoms with Crippen molar-refractivity contribution in [3.8, 4) is 11.3 Å². The molecule has 0 N–H and O–H groups in total. The monoisotopic (exact) mass is 508 g/mol. The third-order valence-corrected chi connectivity index (χ3v) is 5.47. The molecule has 4 heterocycles. The molecule has 9 heteroatoms. The van der Waals surface area contributed by atoms with E-state index in [1.807, 2.05) is 57.2 Å². The van der Waals surface area contributed by atoms with Crippen LogP contribution in [0, 0.1) is 13.8 Å². The van der Waals surface area contributed by atoms with Crippen LogP contribution in [0.2, 0.25) is 0 Å². The Balaban J connectivity index is 1.72. The zero-order valence-electron chi connectivity index (χ0n) is 19.2. The molecule has 4 aromatic rings. The number of carbonyl (C=O) groups is 1. The average molecular weight is 509 g/mol. The number of hydrogen-bond acceptors (Lipinski definition) is 6. The zero-order valence-corrected chi connectivity index (χ0v) is 20.8. The van der Waals surface area contributed by atoms with Gasteiger partial charge in [-0.1, -0.05) is 6.07 Å². The van der Waals surface area contributed by atoms with E-state index in [0.29, 0.717) is 11.5 Å². The predicted octanol–water partition coefficient (Wildman–Crippen LogP) is 5.51. The Bertz CT molecular complexity index is 1330. The van der Waals surface area contributed by atoms with E-state index in [0.717, 1.165) is 32.7 Å². The number of imidazole rings is 1. The second-order valence-electron chi connectivity index (χ2n) is 8.79. The second-order valence-corrected chi connectivity index (χ2v) is 9.60. The fourth-order valence-corrected chi connectivity index (χ4v) is 3.89. The van der Waals surface area contributed by atoms with E-state index in [9.17, 15) is 4.79 Å². The molecule has 8 nitrogen and oxygen atoms in total. The topological polar surface area (TPSA) is 85.5 Å². The summed E-state index contributed by atoms with van der Waals surface area (Å²) in [6, 6.07) is 5.97. The summed E-state index contributed by atoms with van der Waals surface area (Å²) in [5, 5.41) is 0. The van der Waals surface area contributed by atoms with Crippen molar-refractivity contribution in [3.63, 3.8) is 0 Å². The number of aromatic nitrogens is 5. The molecule has 0 radical (unpaired) electrons. The van der Waals surface area contributed by atoms with Gasteiger partial charge in [-0.25, -0.2) is 14.8 Å². The summed E-state index contributed by atoms with van der Waals surface area (Å²) in [7, 11) is 0. The van der Waals surface area contributed by atoms with Crippen LogP contribution in [0.25, 0.3) is 16.9 Å². The normalized spacial score (nSPS) is 11.6. The first-order valence-electron chi connectivity index (χ1n) is 10.5. The van der Waals surface area contributed by atoms with E-state index < -0.39 is 11.7 Å². The van der Waals surface area contributed by atoms with Crippen LogP contribution in [0.1, 0.15) is 37.6 Å². The highest BCUT2D eigenvalue weighted by atomic mass is 79.9. The quantitative estimate of drug-likeness (QED) is 0.361. The first kappa shape index (κ1) is 22.8. The Morgan fingerprint density at radius 2 is 1.88 bits per heavy atom. The molecule has 0 aliphatic carbocycles. The summed E-state index contributed by atoms with van der Waals surface area (Å²) in [4.78, 5) is 32.5. The van der Waals surface area contributed by atoms with Gasteiger partial charge >= 0.3 is 6.09 Å². The van der Waals surface area contributed by atoms with Crippen LogP contribution in [0.5, 0.6) is 0 Å². The van der Waals surface area contributed by atoms with Crippen molar-refractivity contribution < 1.29 is 9.53 Å². The zero-order chi connectivity index (χ0) is 23.8. The summed E-state index contributed by atoms with van der Waals surface area (Å²) >= 11 is 3.47. The van der Waals surface area contributed by atoms with Crippen LogP contribution in [0.3, 0.4) is 0 Å². The molecule has 0 saturated heterocycles. The summed E-state index contributed by atoms with van der Waals surface area (Å²) in [5.74, 6) is 0.406. The van der Waals surface area contributed by atoms with E-state index >= 15 is 0 Å². The number of anilines is 1. The van der Waals surface area contributed by atoms with Crippen molar-refractivity contribution in [2.75, 3.05) is 4.90 Å². The summed E-state index contributed by atoms with van der Waals surface area (Å²) in [5.41, 5.74) is 4.55. The average Bonchev–Trinajstić information content (AvgIpc) is 3.12. The van der Waals surface area contributed by atoms with Crippen LogP contribution in [-0.2, 0) is 11.3 Å². The standard InChI is InChI=1S/C24H25BrN6O2/c1-15-10-17(12-28-20(15)18-6-7-26-16(2)11-18)14-31(23(32)33-24(3,4)5)21-22-29-13-19(25)30(22)9-8-27-21/h6-13H,14H2,1-5H3. The van der Waals surface area contributed by atoms with Crippen molar-refractivity contribution in [2.24, 2.45) is 0 Å². The van der Waals surface area contributed by atoms with Gasteiger partial charge in [-0.05, 0) is 73.8 Å². The number of rotatable bonds is 4. The van der Waals surface area contributed by atoms with E-state index in [4.69, 9.17) is 4.74 Å². The summed E-state index contributed by atoms with van der Waals surface area (Å²) in [6.07, 6.45) is 8.13. The van der Waals surface area contributed by atoms with Gasteiger partial charge in [0, 0.05) is 36.0 Å². The van der Waals surface area contributed by atoms with E-state index in [1.54, 1.807) is 31.0 Å². The van der Waals surface area contributed by atoms with Crippen molar-refractivity contribution in [1.29, 1.82) is 0 Å². The molecule has 0 spiro atoms. The van der Waals surface area contributed by atoms with Crippen molar-refractivity contribution in [3.05, 3.63) is 70.6 Å². The Kier molecular flexibility index (Phi) is 6.16. The molecule has 33 heavy (non-hydrogen) atoms. The molecule has 0 aromatic carbocycles. The molecule has 0 saturated carbocycles. The SMILES string of the molecule is Cc1cc(-c2ncc(CN(C(=O)OC(C)(C)C)c3nccn4c(Br)cnc34)cc2C)ccn1. The van der Waals surface area contributed by atoms with Gasteiger partial charge in [0.2, 0.25) is 0 Å². The molecule has 4 aromatic heterocycles. The third-order valence-electron chi connectivity index (χ3n) is 4.88. The van der Waals surface area contributed by atoms with Gasteiger partial charge in [0.15, 0.2) is 11.5 Å². The molecule has 170 valence electrons. The maximum atomic E-state index is 13.2. The van der Waals surface area contributed by atoms with Crippen LogP contribution >= 0.6 is 15.9 Å². The van der Waals surface area contributed by atoms with Gasteiger partial charge in [-0.2, -0.15) is 0 Å². The highest BCUT2D eigenvalue weighted by Gasteiger charge is 2.27. The third kappa shape index (κ3) is 5.03. The fourth-order valence-electron chi connectivity index (χ4n) is 3.51. The molecular weight excluding hydrogens is 484 g/mol. The molecular formula is C24H25BrN6O2. The lowest BCUT2D eigenvalue weighted by Gasteiger charge is -2.27. The van der Waals surface area contributed by atoms with Gasteiger partial charge in [-0.15, -0.1) is 0 Å². The molecule has 0 aliphatic heterocycles. The Morgan fingerprint density at radius 3 is 2.58 bits per heavy atom.